The van der Waals surface area contributed by atoms with E-state index in [4.69, 9.17) is 0 Å². The Morgan fingerprint density at radius 1 is 1.24 bits per heavy atom. The first-order valence-electron chi connectivity index (χ1n) is 6.92. The van der Waals surface area contributed by atoms with Crippen molar-refractivity contribution in [3.05, 3.63) is 63.8 Å². The largest absolute Gasteiger partial charge is 0.354 e. The van der Waals surface area contributed by atoms with Crippen LogP contribution in [-0.4, -0.2) is 22.0 Å². The fraction of sp³-hybridized carbons (Fsp3) is 0.312. The van der Waals surface area contributed by atoms with Crippen LogP contribution in [0.1, 0.15) is 17.0 Å². The molecule has 0 aliphatic carbocycles. The second-order valence-electron chi connectivity index (χ2n) is 4.99. The monoisotopic (exact) mass is 285 g/mol. The van der Waals surface area contributed by atoms with Crippen LogP contribution in [0.2, 0.25) is 0 Å². The molecule has 0 bridgehead atoms. The van der Waals surface area contributed by atoms with Crippen LogP contribution in [0.3, 0.4) is 0 Å². The summed E-state index contributed by atoms with van der Waals surface area (Å²) in [4.78, 5) is 27.5. The molecular weight excluding hydrogens is 266 g/mol. The summed E-state index contributed by atoms with van der Waals surface area (Å²) >= 11 is 0. The normalized spacial score (nSPS) is 10.4. The fourth-order valence-electron chi connectivity index (χ4n) is 2.16. The van der Waals surface area contributed by atoms with Crippen molar-refractivity contribution in [3.8, 4) is 0 Å². The zero-order valence-electron chi connectivity index (χ0n) is 12.3. The van der Waals surface area contributed by atoms with Crippen LogP contribution in [0, 0.1) is 13.8 Å². The second-order valence-corrected chi connectivity index (χ2v) is 4.99. The van der Waals surface area contributed by atoms with Crippen molar-refractivity contribution in [1.29, 1.82) is 0 Å². The molecule has 0 unspecified atom stereocenters. The lowest BCUT2D eigenvalue weighted by molar-refractivity contribution is -0.121. The van der Waals surface area contributed by atoms with Gasteiger partial charge in [-0.25, -0.2) is 4.79 Å². The summed E-state index contributed by atoms with van der Waals surface area (Å²) in [7, 11) is 0. The Kier molecular flexibility index (Phi) is 4.87. The van der Waals surface area contributed by atoms with Gasteiger partial charge in [0.1, 0.15) is 6.54 Å². The number of nitrogens with one attached hydrogen (secondary N) is 1. The molecule has 2 aromatic rings. The van der Waals surface area contributed by atoms with Crippen molar-refractivity contribution in [3.63, 3.8) is 0 Å². The number of aryl methyl sites for hydroxylation is 2. The lowest BCUT2D eigenvalue weighted by Gasteiger charge is -2.10. The molecule has 0 aliphatic rings. The summed E-state index contributed by atoms with van der Waals surface area (Å²) < 4.78 is 1.38. The average molecular weight is 285 g/mol. The highest BCUT2D eigenvalue weighted by atomic mass is 16.2. The van der Waals surface area contributed by atoms with Crippen LogP contribution < -0.4 is 11.0 Å². The van der Waals surface area contributed by atoms with Gasteiger partial charge in [-0.2, -0.15) is 4.98 Å². The number of carbonyl (C=O) groups is 1. The summed E-state index contributed by atoms with van der Waals surface area (Å²) in [6.45, 7) is 4.12. The molecule has 0 radical (unpaired) electrons. The van der Waals surface area contributed by atoms with E-state index >= 15 is 0 Å². The standard InChI is InChI=1S/C16H19N3O2/c1-12-10-13(2)19(16(21)18-12)11-15(20)17-9-8-14-6-4-3-5-7-14/h3-7,10H,8-9,11H2,1-2H3,(H,17,20). The first kappa shape index (κ1) is 15.0. The molecule has 1 amide bonds. The molecule has 110 valence electrons. The zero-order valence-corrected chi connectivity index (χ0v) is 12.3. The number of nitrogens with zero attached hydrogens (tertiary/aromatic N) is 2. The maximum atomic E-state index is 11.9. The van der Waals surface area contributed by atoms with Gasteiger partial charge in [0.05, 0.1) is 0 Å². The molecule has 1 aromatic carbocycles. The molecular formula is C16H19N3O2. The third-order valence-corrected chi connectivity index (χ3v) is 3.23. The lowest BCUT2D eigenvalue weighted by Crippen LogP contribution is -2.35. The van der Waals surface area contributed by atoms with E-state index < -0.39 is 0 Å². The van der Waals surface area contributed by atoms with E-state index in [9.17, 15) is 9.59 Å². The molecule has 0 saturated heterocycles. The Hall–Kier alpha value is -2.43. The second kappa shape index (κ2) is 6.83. The molecule has 21 heavy (non-hydrogen) atoms. The molecule has 1 aromatic heterocycles. The summed E-state index contributed by atoms with van der Waals surface area (Å²) in [6, 6.07) is 11.7. The van der Waals surface area contributed by atoms with Gasteiger partial charge in [0.2, 0.25) is 5.91 Å². The van der Waals surface area contributed by atoms with Gasteiger partial charge in [0.15, 0.2) is 0 Å². The minimum absolute atomic E-state index is 0.00668. The van der Waals surface area contributed by atoms with E-state index in [0.29, 0.717) is 12.2 Å². The highest BCUT2D eigenvalue weighted by Gasteiger charge is 2.08. The summed E-state index contributed by atoms with van der Waals surface area (Å²) in [5.74, 6) is -0.179. The summed E-state index contributed by atoms with van der Waals surface area (Å²) in [5.41, 5.74) is 2.19. The maximum Gasteiger partial charge on any atom is 0.348 e. The van der Waals surface area contributed by atoms with E-state index in [-0.39, 0.29) is 18.1 Å². The summed E-state index contributed by atoms with van der Waals surface area (Å²) in [5, 5.41) is 2.82. The third-order valence-electron chi connectivity index (χ3n) is 3.23. The van der Waals surface area contributed by atoms with Crippen molar-refractivity contribution in [1.82, 2.24) is 14.9 Å². The van der Waals surface area contributed by atoms with Crippen molar-refractivity contribution in [2.45, 2.75) is 26.8 Å². The smallest absolute Gasteiger partial charge is 0.348 e. The molecule has 1 N–H and O–H groups in total. The molecule has 0 spiro atoms. The van der Waals surface area contributed by atoms with Gasteiger partial charge in [0, 0.05) is 17.9 Å². The topological polar surface area (TPSA) is 64.0 Å². The van der Waals surface area contributed by atoms with E-state index in [1.165, 1.54) is 10.1 Å². The average Bonchev–Trinajstić information content (AvgIpc) is 2.44. The van der Waals surface area contributed by atoms with E-state index in [2.05, 4.69) is 10.3 Å². The van der Waals surface area contributed by atoms with Crippen molar-refractivity contribution in [2.24, 2.45) is 0 Å². The van der Waals surface area contributed by atoms with E-state index in [0.717, 1.165) is 12.1 Å². The van der Waals surface area contributed by atoms with Crippen LogP contribution in [0.4, 0.5) is 0 Å². The number of rotatable bonds is 5. The van der Waals surface area contributed by atoms with Crippen molar-refractivity contribution in [2.75, 3.05) is 6.54 Å². The number of carbonyl (C=O) groups excluding carboxylic acids is 1. The number of hydrogen-bond acceptors (Lipinski definition) is 3. The third kappa shape index (κ3) is 4.27. The van der Waals surface area contributed by atoms with Crippen LogP contribution in [-0.2, 0) is 17.8 Å². The molecule has 0 fully saturated rings. The summed E-state index contributed by atoms with van der Waals surface area (Å²) in [6.07, 6.45) is 0.770. The molecule has 5 nitrogen and oxygen atoms in total. The molecule has 0 saturated carbocycles. The minimum atomic E-state index is -0.384. The molecule has 5 heteroatoms. The Bertz CT molecular complexity index is 678. The highest BCUT2D eigenvalue weighted by molar-refractivity contribution is 5.75. The van der Waals surface area contributed by atoms with E-state index in [1.54, 1.807) is 19.9 Å². The van der Waals surface area contributed by atoms with Gasteiger partial charge in [-0.05, 0) is 31.9 Å². The molecule has 0 atom stereocenters. The predicted molar refractivity (Wildman–Crippen MR) is 81.1 cm³/mol. The van der Waals surface area contributed by atoms with Gasteiger partial charge in [-0.1, -0.05) is 30.3 Å². The van der Waals surface area contributed by atoms with Gasteiger partial charge in [-0.15, -0.1) is 0 Å². The Balaban J connectivity index is 1.89. The van der Waals surface area contributed by atoms with Crippen LogP contribution in [0.15, 0.2) is 41.2 Å². The Morgan fingerprint density at radius 2 is 1.95 bits per heavy atom. The first-order chi connectivity index (χ1) is 10.1. The van der Waals surface area contributed by atoms with Crippen molar-refractivity contribution < 1.29 is 4.79 Å². The highest BCUT2D eigenvalue weighted by Crippen LogP contribution is 1.99. The van der Waals surface area contributed by atoms with Gasteiger partial charge >= 0.3 is 5.69 Å². The molecule has 2 rings (SSSR count). The Labute approximate surface area is 123 Å². The predicted octanol–water partition coefficient (Wildman–Crippen LogP) is 1.22. The van der Waals surface area contributed by atoms with Gasteiger partial charge in [-0.3, -0.25) is 9.36 Å². The number of amides is 1. The first-order valence-corrected chi connectivity index (χ1v) is 6.92. The molecule has 0 aliphatic heterocycles. The van der Waals surface area contributed by atoms with Crippen LogP contribution in [0.5, 0.6) is 0 Å². The van der Waals surface area contributed by atoms with Crippen molar-refractivity contribution >= 4 is 5.91 Å². The van der Waals surface area contributed by atoms with Gasteiger partial charge in [0.25, 0.3) is 0 Å². The lowest BCUT2D eigenvalue weighted by atomic mass is 10.1. The number of benzene rings is 1. The minimum Gasteiger partial charge on any atom is -0.354 e. The SMILES string of the molecule is Cc1cc(C)n(CC(=O)NCCc2ccccc2)c(=O)n1. The maximum absolute atomic E-state index is 11.9. The van der Waals surface area contributed by atoms with Crippen LogP contribution in [0.25, 0.3) is 0 Å². The van der Waals surface area contributed by atoms with Gasteiger partial charge < -0.3 is 5.32 Å². The molecule has 1 heterocycles. The number of hydrogen-bond donors (Lipinski definition) is 1. The van der Waals surface area contributed by atoms with E-state index in [1.807, 2.05) is 30.3 Å². The quantitative estimate of drug-likeness (QED) is 0.898. The zero-order chi connectivity index (χ0) is 15.2. The number of aromatic nitrogens is 2. The fourth-order valence-corrected chi connectivity index (χ4v) is 2.16. The van der Waals surface area contributed by atoms with Crippen LogP contribution >= 0.6 is 0 Å². The Morgan fingerprint density at radius 3 is 2.62 bits per heavy atom.